The quantitative estimate of drug-likeness (QED) is 0.262. The number of ether oxygens (including phenoxy) is 1. The van der Waals surface area contributed by atoms with E-state index in [1.54, 1.807) is 11.8 Å². The number of hydrogen-bond donors (Lipinski definition) is 0. The van der Waals surface area contributed by atoms with Crippen molar-refractivity contribution in [1.29, 1.82) is 0 Å². The molecule has 0 aliphatic rings. The molecule has 6 heteroatoms. The fourth-order valence-corrected chi connectivity index (χ4v) is 3.39. The summed E-state index contributed by atoms with van der Waals surface area (Å²) in [6.45, 7) is 6.59. The highest BCUT2D eigenvalue weighted by Gasteiger charge is 2.25. The van der Waals surface area contributed by atoms with Gasteiger partial charge in [0.25, 0.3) is 0 Å². The molecule has 0 amide bonds. The van der Waals surface area contributed by atoms with Crippen LogP contribution in [0, 0.1) is 5.92 Å². The predicted molar refractivity (Wildman–Crippen MR) is 95.3 cm³/mol. The van der Waals surface area contributed by atoms with Gasteiger partial charge in [0.05, 0.1) is 6.61 Å². The van der Waals surface area contributed by atoms with E-state index in [1.165, 1.54) is 0 Å². The second-order valence-corrected chi connectivity index (χ2v) is 7.97. The van der Waals surface area contributed by atoms with E-state index in [4.69, 9.17) is 4.74 Å². The molecule has 0 saturated carbocycles. The Bertz CT molecular complexity index is 320. The summed E-state index contributed by atoms with van der Waals surface area (Å²) in [5.41, 5.74) is 0. The molecule has 0 heterocycles. The number of esters is 1. The molecule has 0 aromatic carbocycles. The lowest BCUT2D eigenvalue weighted by Gasteiger charge is -2.16. The Hall–Kier alpha value is -0.390. The molecule has 0 spiro atoms. The van der Waals surface area contributed by atoms with Gasteiger partial charge in [0.2, 0.25) is 0 Å². The van der Waals surface area contributed by atoms with Gasteiger partial charge in [-0.25, -0.2) is 0 Å². The van der Waals surface area contributed by atoms with Crippen molar-refractivity contribution in [2.45, 2.75) is 90.0 Å². The molecule has 0 aliphatic carbocycles. The number of thioether (sulfide) groups is 1. The average molecular weight is 371 g/mol. The number of carbonyl (C=O) groups excluding carboxylic acids is 1. The van der Waals surface area contributed by atoms with Crippen molar-refractivity contribution in [2.24, 2.45) is 5.92 Å². The maximum atomic E-state index is 12.2. The van der Waals surface area contributed by atoms with Crippen molar-refractivity contribution in [1.82, 2.24) is 0 Å². The summed E-state index contributed by atoms with van der Waals surface area (Å²) >= 11 is 1.60. The lowest BCUT2D eigenvalue weighted by atomic mass is 10.1. The molecule has 0 aromatic rings. The van der Waals surface area contributed by atoms with Crippen molar-refractivity contribution < 1.29 is 22.7 Å². The van der Waals surface area contributed by atoms with Gasteiger partial charge in [-0.3, -0.25) is 4.79 Å². The van der Waals surface area contributed by atoms with Crippen LogP contribution in [0.4, 0.5) is 13.2 Å². The molecule has 1 unspecified atom stereocenters. The van der Waals surface area contributed by atoms with E-state index in [2.05, 4.69) is 6.92 Å². The summed E-state index contributed by atoms with van der Waals surface area (Å²) in [7, 11) is 0. The van der Waals surface area contributed by atoms with Gasteiger partial charge in [-0.15, -0.1) is 11.8 Å². The van der Waals surface area contributed by atoms with Gasteiger partial charge >= 0.3 is 12.1 Å². The molecule has 144 valence electrons. The van der Waals surface area contributed by atoms with Crippen molar-refractivity contribution in [2.75, 3.05) is 12.4 Å². The minimum atomic E-state index is -4.04. The first-order chi connectivity index (χ1) is 11.3. The van der Waals surface area contributed by atoms with Crippen LogP contribution in [0.25, 0.3) is 0 Å². The Morgan fingerprint density at radius 3 is 2.29 bits per heavy atom. The van der Waals surface area contributed by atoms with Crippen LogP contribution in [0.1, 0.15) is 78.6 Å². The Labute approximate surface area is 149 Å². The molecule has 0 saturated heterocycles. The lowest BCUT2D eigenvalue weighted by Crippen LogP contribution is -2.22. The maximum Gasteiger partial charge on any atom is 0.389 e. The number of hydrogen-bond acceptors (Lipinski definition) is 3. The molecule has 0 fully saturated rings. The van der Waals surface area contributed by atoms with Crippen LogP contribution in [0.3, 0.4) is 0 Å². The summed E-state index contributed by atoms with van der Waals surface area (Å²) in [4.78, 5) is 12.2. The molecule has 0 aliphatic heterocycles. The summed E-state index contributed by atoms with van der Waals surface area (Å²) < 4.78 is 41.5. The van der Waals surface area contributed by atoms with E-state index in [9.17, 15) is 18.0 Å². The first kappa shape index (κ1) is 23.6. The monoisotopic (exact) mass is 370 g/mol. The molecular weight excluding hydrogens is 337 g/mol. The third kappa shape index (κ3) is 15.2. The van der Waals surface area contributed by atoms with Gasteiger partial charge in [0.15, 0.2) is 0 Å². The average Bonchev–Trinajstić information content (AvgIpc) is 2.48. The lowest BCUT2D eigenvalue weighted by molar-refractivity contribution is -0.144. The van der Waals surface area contributed by atoms with Crippen molar-refractivity contribution in [3.8, 4) is 0 Å². The second kappa shape index (κ2) is 13.9. The van der Waals surface area contributed by atoms with Crippen LogP contribution >= 0.6 is 11.8 Å². The highest BCUT2D eigenvalue weighted by Crippen LogP contribution is 2.24. The van der Waals surface area contributed by atoms with Gasteiger partial charge in [-0.05, 0) is 30.9 Å². The highest BCUT2D eigenvalue weighted by molar-refractivity contribution is 8.00. The molecule has 2 nitrogen and oxygen atoms in total. The molecule has 0 rings (SSSR count). The largest absolute Gasteiger partial charge is 0.465 e. The molecule has 0 radical (unpaired) electrons. The summed E-state index contributed by atoms with van der Waals surface area (Å²) in [6, 6.07) is 0. The van der Waals surface area contributed by atoms with Crippen molar-refractivity contribution in [3.63, 3.8) is 0 Å². The standard InChI is InChI=1S/C18H33F3O2S/c1-4-5-8-11-16(17(22)23-14-15(2)3)24-13-10-7-6-9-12-18(19,20)21/h15-16H,4-14H2,1-3H3. The number of rotatable bonds is 14. The van der Waals surface area contributed by atoms with Crippen molar-refractivity contribution >= 4 is 17.7 Å². The van der Waals surface area contributed by atoms with E-state index >= 15 is 0 Å². The van der Waals surface area contributed by atoms with Gasteiger partial charge in [0.1, 0.15) is 5.25 Å². The van der Waals surface area contributed by atoms with Gasteiger partial charge in [-0.1, -0.05) is 52.9 Å². The Morgan fingerprint density at radius 2 is 1.71 bits per heavy atom. The summed E-state index contributed by atoms with van der Waals surface area (Å²) in [6.07, 6.45) is 1.74. The van der Waals surface area contributed by atoms with Crippen LogP contribution in [0.5, 0.6) is 0 Å². The fraction of sp³-hybridized carbons (Fsp3) is 0.944. The molecule has 0 bridgehead atoms. The predicted octanol–water partition coefficient (Wildman–Crippen LogP) is 6.38. The van der Waals surface area contributed by atoms with E-state index in [1.807, 2.05) is 13.8 Å². The van der Waals surface area contributed by atoms with Crippen molar-refractivity contribution in [3.05, 3.63) is 0 Å². The zero-order valence-electron chi connectivity index (χ0n) is 15.3. The van der Waals surface area contributed by atoms with Gasteiger partial charge in [0, 0.05) is 6.42 Å². The molecular formula is C18H33F3O2S. The van der Waals surface area contributed by atoms with Gasteiger partial charge in [-0.2, -0.15) is 13.2 Å². The minimum absolute atomic E-state index is 0.134. The first-order valence-electron chi connectivity index (χ1n) is 9.11. The van der Waals surface area contributed by atoms with E-state index in [-0.39, 0.29) is 17.6 Å². The number of unbranched alkanes of at least 4 members (excludes halogenated alkanes) is 5. The first-order valence-corrected chi connectivity index (χ1v) is 10.2. The van der Waals surface area contributed by atoms with E-state index < -0.39 is 12.6 Å². The second-order valence-electron chi connectivity index (χ2n) is 6.66. The zero-order valence-corrected chi connectivity index (χ0v) is 16.1. The molecule has 24 heavy (non-hydrogen) atoms. The molecule has 0 N–H and O–H groups in total. The summed E-state index contributed by atoms with van der Waals surface area (Å²) in [5, 5.41) is -0.134. The van der Waals surface area contributed by atoms with Crippen LogP contribution in [0.2, 0.25) is 0 Å². The molecule has 0 aromatic heterocycles. The third-order valence-electron chi connectivity index (χ3n) is 3.57. The Balaban J connectivity index is 3.96. The Kier molecular flexibility index (Phi) is 13.6. The highest BCUT2D eigenvalue weighted by atomic mass is 32.2. The zero-order chi connectivity index (χ0) is 18.4. The van der Waals surface area contributed by atoms with Crippen LogP contribution in [0.15, 0.2) is 0 Å². The maximum absolute atomic E-state index is 12.2. The van der Waals surface area contributed by atoms with E-state index in [0.717, 1.165) is 44.3 Å². The van der Waals surface area contributed by atoms with Gasteiger partial charge < -0.3 is 4.74 Å². The normalized spacial score (nSPS) is 13.3. The third-order valence-corrected chi connectivity index (χ3v) is 4.92. The fourth-order valence-electron chi connectivity index (χ4n) is 2.20. The van der Waals surface area contributed by atoms with Crippen LogP contribution in [-0.2, 0) is 9.53 Å². The SMILES string of the molecule is CCCCCC(SCCCCCCC(F)(F)F)C(=O)OCC(C)C. The topological polar surface area (TPSA) is 26.3 Å². The number of halogens is 3. The summed E-state index contributed by atoms with van der Waals surface area (Å²) in [5.74, 6) is 0.991. The number of carbonyl (C=O) groups is 1. The van der Waals surface area contributed by atoms with Crippen LogP contribution in [-0.4, -0.2) is 29.8 Å². The number of alkyl halides is 3. The van der Waals surface area contributed by atoms with Crippen LogP contribution < -0.4 is 0 Å². The smallest absolute Gasteiger partial charge is 0.389 e. The molecule has 1 atom stereocenters. The minimum Gasteiger partial charge on any atom is -0.465 e. The van der Waals surface area contributed by atoms with E-state index in [0.29, 0.717) is 18.9 Å². The Morgan fingerprint density at radius 1 is 1.04 bits per heavy atom.